The average Bonchev–Trinajstić information content (AvgIpc) is 2.46. The molecule has 1 aromatic rings. The number of primary amides is 1. The fourth-order valence-corrected chi connectivity index (χ4v) is 2.49. The van der Waals surface area contributed by atoms with Gasteiger partial charge in [-0.2, -0.15) is 0 Å². The predicted octanol–water partition coefficient (Wildman–Crippen LogP) is 1.43. The maximum absolute atomic E-state index is 12.0. The van der Waals surface area contributed by atoms with Crippen LogP contribution in [0.1, 0.15) is 44.0 Å². The topological polar surface area (TPSA) is 107 Å². The minimum absolute atomic E-state index is 0.107. The summed E-state index contributed by atoms with van der Waals surface area (Å²) in [6.45, 7) is 6.74. The van der Waals surface area contributed by atoms with Crippen LogP contribution in [0.5, 0.6) is 5.75 Å². The summed E-state index contributed by atoms with van der Waals surface area (Å²) in [6, 6.07) is 6.57. The van der Waals surface area contributed by atoms with Crippen LogP contribution in [0.2, 0.25) is 0 Å². The Morgan fingerprint density at radius 2 is 2.04 bits per heavy atom. The van der Waals surface area contributed by atoms with Crippen molar-refractivity contribution in [1.29, 1.82) is 0 Å². The van der Waals surface area contributed by atoms with E-state index in [1.165, 1.54) is 0 Å². The molecule has 23 heavy (non-hydrogen) atoms. The molecular weight excluding hydrogens is 294 g/mol. The molecule has 1 atom stereocenters. The zero-order chi connectivity index (χ0) is 17.5. The van der Waals surface area contributed by atoms with Gasteiger partial charge in [-0.25, -0.2) is 0 Å². The molecule has 2 amide bonds. The van der Waals surface area contributed by atoms with E-state index in [0.717, 1.165) is 6.42 Å². The number of nitrogens with one attached hydrogen (secondary N) is 1. The SMILES string of the molecule is CC(C)CC(C)(CN)NC(=O)CCOc1cccc(C(N)=O)c1. The maximum Gasteiger partial charge on any atom is 0.248 e. The second kappa shape index (κ2) is 8.53. The Morgan fingerprint density at radius 3 is 2.61 bits per heavy atom. The van der Waals surface area contributed by atoms with E-state index >= 15 is 0 Å². The van der Waals surface area contributed by atoms with Gasteiger partial charge in [-0.15, -0.1) is 0 Å². The van der Waals surface area contributed by atoms with E-state index < -0.39 is 11.4 Å². The molecule has 0 aromatic heterocycles. The molecular formula is C17H27N3O3. The molecule has 0 heterocycles. The lowest BCUT2D eigenvalue weighted by molar-refractivity contribution is -0.123. The maximum atomic E-state index is 12.0. The van der Waals surface area contributed by atoms with Crippen LogP contribution in [-0.4, -0.2) is 30.5 Å². The monoisotopic (exact) mass is 321 g/mol. The van der Waals surface area contributed by atoms with E-state index in [0.29, 0.717) is 23.8 Å². The van der Waals surface area contributed by atoms with E-state index in [1.54, 1.807) is 24.3 Å². The van der Waals surface area contributed by atoms with Crippen LogP contribution in [-0.2, 0) is 4.79 Å². The molecule has 1 aromatic carbocycles. The lowest BCUT2D eigenvalue weighted by Crippen LogP contribution is -2.52. The van der Waals surface area contributed by atoms with Gasteiger partial charge < -0.3 is 21.5 Å². The van der Waals surface area contributed by atoms with Crippen LogP contribution in [0.25, 0.3) is 0 Å². The fourth-order valence-electron chi connectivity index (χ4n) is 2.49. The third-order valence-electron chi connectivity index (χ3n) is 3.47. The summed E-state index contributed by atoms with van der Waals surface area (Å²) in [7, 11) is 0. The molecule has 5 N–H and O–H groups in total. The fraction of sp³-hybridized carbons (Fsp3) is 0.529. The molecule has 128 valence electrons. The molecule has 6 nitrogen and oxygen atoms in total. The van der Waals surface area contributed by atoms with Crippen molar-refractivity contribution in [2.45, 2.75) is 39.2 Å². The quantitative estimate of drug-likeness (QED) is 0.639. The lowest BCUT2D eigenvalue weighted by Gasteiger charge is -2.31. The van der Waals surface area contributed by atoms with Crippen molar-refractivity contribution in [2.24, 2.45) is 17.4 Å². The molecule has 0 radical (unpaired) electrons. The van der Waals surface area contributed by atoms with Gasteiger partial charge in [-0.05, 0) is 37.5 Å². The molecule has 0 bridgehead atoms. The highest BCUT2D eigenvalue weighted by molar-refractivity contribution is 5.93. The molecule has 1 unspecified atom stereocenters. The van der Waals surface area contributed by atoms with Gasteiger partial charge >= 0.3 is 0 Å². The van der Waals surface area contributed by atoms with E-state index in [4.69, 9.17) is 16.2 Å². The first-order chi connectivity index (χ1) is 10.8. The summed E-state index contributed by atoms with van der Waals surface area (Å²) in [5, 5.41) is 2.97. The Balaban J connectivity index is 2.47. The molecule has 0 saturated carbocycles. The molecule has 0 aliphatic heterocycles. The van der Waals surface area contributed by atoms with Crippen LogP contribution < -0.4 is 21.5 Å². The number of hydrogen-bond donors (Lipinski definition) is 3. The third-order valence-corrected chi connectivity index (χ3v) is 3.47. The lowest BCUT2D eigenvalue weighted by atomic mass is 9.90. The third kappa shape index (κ3) is 6.69. The van der Waals surface area contributed by atoms with Crippen LogP contribution in [0.15, 0.2) is 24.3 Å². The van der Waals surface area contributed by atoms with E-state index in [-0.39, 0.29) is 18.9 Å². The van der Waals surface area contributed by atoms with Gasteiger partial charge in [0.1, 0.15) is 5.75 Å². The van der Waals surface area contributed by atoms with Gasteiger partial charge in [-0.3, -0.25) is 9.59 Å². The van der Waals surface area contributed by atoms with E-state index in [1.807, 2.05) is 6.92 Å². The van der Waals surface area contributed by atoms with E-state index in [2.05, 4.69) is 19.2 Å². The number of nitrogens with two attached hydrogens (primary N) is 2. The van der Waals surface area contributed by atoms with Crippen molar-refractivity contribution >= 4 is 11.8 Å². The molecule has 0 spiro atoms. The van der Waals surface area contributed by atoms with Gasteiger partial charge in [0.2, 0.25) is 11.8 Å². The highest BCUT2D eigenvalue weighted by atomic mass is 16.5. The Morgan fingerprint density at radius 1 is 1.35 bits per heavy atom. The van der Waals surface area contributed by atoms with Crippen molar-refractivity contribution in [2.75, 3.05) is 13.2 Å². The van der Waals surface area contributed by atoms with Gasteiger partial charge in [0, 0.05) is 17.6 Å². The van der Waals surface area contributed by atoms with Crippen LogP contribution >= 0.6 is 0 Å². The first kappa shape index (κ1) is 19.0. The number of benzene rings is 1. The number of carbonyl (C=O) groups excluding carboxylic acids is 2. The van der Waals surface area contributed by atoms with Crippen LogP contribution in [0, 0.1) is 5.92 Å². The summed E-state index contributed by atoms with van der Waals surface area (Å²) in [5.41, 5.74) is 11.0. The average molecular weight is 321 g/mol. The van der Waals surface area contributed by atoms with Crippen LogP contribution in [0.4, 0.5) is 0 Å². The standard InChI is InChI=1S/C17H27N3O3/c1-12(2)10-17(3,11-18)20-15(21)7-8-23-14-6-4-5-13(9-14)16(19)22/h4-6,9,12H,7-8,10-11,18H2,1-3H3,(H2,19,22)(H,20,21). The highest BCUT2D eigenvalue weighted by Crippen LogP contribution is 2.16. The second-order valence-corrected chi connectivity index (χ2v) is 6.40. The van der Waals surface area contributed by atoms with Crippen molar-refractivity contribution in [1.82, 2.24) is 5.32 Å². The number of carbonyl (C=O) groups is 2. The normalized spacial score (nSPS) is 13.4. The molecule has 1 rings (SSSR count). The zero-order valence-electron chi connectivity index (χ0n) is 14.1. The van der Waals surface area contributed by atoms with Gasteiger partial charge in [0.15, 0.2) is 0 Å². The summed E-state index contributed by atoms with van der Waals surface area (Å²) in [5.74, 6) is 0.333. The number of hydrogen-bond acceptors (Lipinski definition) is 4. The van der Waals surface area contributed by atoms with Gasteiger partial charge in [-0.1, -0.05) is 19.9 Å². The van der Waals surface area contributed by atoms with Crippen molar-refractivity contribution < 1.29 is 14.3 Å². The summed E-state index contributed by atoms with van der Waals surface area (Å²) >= 11 is 0. The van der Waals surface area contributed by atoms with Crippen molar-refractivity contribution in [3.05, 3.63) is 29.8 Å². The second-order valence-electron chi connectivity index (χ2n) is 6.40. The Labute approximate surface area is 137 Å². The minimum atomic E-state index is -0.513. The summed E-state index contributed by atoms with van der Waals surface area (Å²) in [6.07, 6.45) is 1.03. The Bertz CT molecular complexity index is 546. The van der Waals surface area contributed by atoms with Gasteiger partial charge in [0.25, 0.3) is 0 Å². The zero-order valence-corrected chi connectivity index (χ0v) is 14.1. The molecule has 6 heteroatoms. The largest absolute Gasteiger partial charge is 0.493 e. The predicted molar refractivity (Wildman–Crippen MR) is 90.1 cm³/mol. The minimum Gasteiger partial charge on any atom is -0.493 e. The highest BCUT2D eigenvalue weighted by Gasteiger charge is 2.25. The van der Waals surface area contributed by atoms with Crippen molar-refractivity contribution in [3.8, 4) is 5.75 Å². The molecule has 0 fully saturated rings. The Kier molecular flexibility index (Phi) is 7.03. The first-order valence-electron chi connectivity index (χ1n) is 7.79. The van der Waals surface area contributed by atoms with Crippen molar-refractivity contribution in [3.63, 3.8) is 0 Å². The number of ether oxygens (including phenoxy) is 1. The molecule has 0 aliphatic carbocycles. The summed E-state index contributed by atoms with van der Waals surface area (Å²) < 4.78 is 5.50. The first-order valence-corrected chi connectivity index (χ1v) is 7.79. The summed E-state index contributed by atoms with van der Waals surface area (Å²) in [4.78, 5) is 23.1. The molecule has 0 aliphatic rings. The van der Waals surface area contributed by atoms with Crippen LogP contribution in [0.3, 0.4) is 0 Å². The number of rotatable bonds is 9. The van der Waals surface area contributed by atoms with Gasteiger partial charge in [0.05, 0.1) is 13.0 Å². The Hall–Kier alpha value is -2.08. The number of amides is 2. The smallest absolute Gasteiger partial charge is 0.248 e. The molecule has 0 saturated heterocycles. The van der Waals surface area contributed by atoms with E-state index in [9.17, 15) is 9.59 Å².